The Morgan fingerprint density at radius 1 is 1.33 bits per heavy atom. The Balaban J connectivity index is 1.77. The number of esters is 1. The second-order valence-corrected chi connectivity index (χ2v) is 4.88. The molecular weight excluding hydrogens is 270 g/mol. The number of para-hydroxylation sites is 1. The molecule has 0 saturated carbocycles. The maximum Gasteiger partial charge on any atom is 0.305 e. The summed E-state index contributed by atoms with van der Waals surface area (Å²) < 4.78 is 16.3. The zero-order chi connectivity index (χ0) is 14.9. The van der Waals surface area contributed by atoms with Gasteiger partial charge in [-0.3, -0.25) is 4.79 Å². The van der Waals surface area contributed by atoms with E-state index < -0.39 is 0 Å². The summed E-state index contributed by atoms with van der Waals surface area (Å²) in [4.78, 5) is 11.2. The fraction of sp³-hybridized carbons (Fsp3) is 0.562. The molecule has 0 saturated heterocycles. The number of hydrogen-bond acceptors (Lipinski definition) is 5. The Kier molecular flexibility index (Phi) is 6.34. The number of carbonyl (C=O) groups excluding carboxylic acids is 1. The highest BCUT2D eigenvalue weighted by atomic mass is 16.5. The van der Waals surface area contributed by atoms with E-state index in [9.17, 15) is 4.79 Å². The Morgan fingerprint density at radius 2 is 2.19 bits per heavy atom. The number of benzene rings is 1. The predicted molar refractivity (Wildman–Crippen MR) is 79.6 cm³/mol. The SMILES string of the molecule is CCOC(=O)CCCNCc1cccc2c1OCCCO2. The third-order valence-corrected chi connectivity index (χ3v) is 3.21. The number of rotatable bonds is 7. The van der Waals surface area contributed by atoms with Gasteiger partial charge in [0.2, 0.25) is 0 Å². The van der Waals surface area contributed by atoms with Gasteiger partial charge in [-0.15, -0.1) is 0 Å². The minimum atomic E-state index is -0.135. The van der Waals surface area contributed by atoms with Crippen molar-refractivity contribution in [2.45, 2.75) is 32.7 Å². The van der Waals surface area contributed by atoms with E-state index in [2.05, 4.69) is 5.32 Å². The van der Waals surface area contributed by atoms with Crippen molar-refractivity contribution in [3.05, 3.63) is 23.8 Å². The molecule has 0 fully saturated rings. The molecule has 21 heavy (non-hydrogen) atoms. The highest BCUT2D eigenvalue weighted by molar-refractivity contribution is 5.69. The molecule has 1 aromatic rings. The van der Waals surface area contributed by atoms with Crippen LogP contribution in [0.2, 0.25) is 0 Å². The van der Waals surface area contributed by atoms with E-state index in [0.29, 0.717) is 32.8 Å². The summed E-state index contributed by atoms with van der Waals surface area (Å²) in [5, 5.41) is 3.33. The van der Waals surface area contributed by atoms with Crippen LogP contribution in [0.15, 0.2) is 18.2 Å². The van der Waals surface area contributed by atoms with Crippen molar-refractivity contribution in [1.29, 1.82) is 0 Å². The summed E-state index contributed by atoms with van der Waals surface area (Å²) in [5.41, 5.74) is 1.09. The van der Waals surface area contributed by atoms with Gasteiger partial charge in [0.15, 0.2) is 11.5 Å². The van der Waals surface area contributed by atoms with Gasteiger partial charge in [-0.05, 0) is 26.0 Å². The molecule has 1 aliphatic rings. The standard InChI is InChI=1S/C16H23NO4/c1-2-19-15(18)8-4-9-17-12-13-6-3-7-14-16(13)21-11-5-10-20-14/h3,6-7,17H,2,4-5,8-12H2,1H3. The van der Waals surface area contributed by atoms with E-state index in [1.165, 1.54) is 0 Å². The zero-order valence-corrected chi connectivity index (χ0v) is 12.5. The van der Waals surface area contributed by atoms with Crippen molar-refractivity contribution in [3.63, 3.8) is 0 Å². The first-order valence-electron chi connectivity index (χ1n) is 7.55. The van der Waals surface area contributed by atoms with E-state index in [0.717, 1.165) is 36.4 Å². The van der Waals surface area contributed by atoms with Crippen LogP contribution in [0, 0.1) is 0 Å². The van der Waals surface area contributed by atoms with E-state index >= 15 is 0 Å². The van der Waals surface area contributed by atoms with Crippen LogP contribution >= 0.6 is 0 Å². The number of ether oxygens (including phenoxy) is 3. The first-order chi connectivity index (χ1) is 10.3. The molecule has 0 radical (unpaired) electrons. The molecule has 0 bridgehead atoms. The highest BCUT2D eigenvalue weighted by Crippen LogP contribution is 2.33. The van der Waals surface area contributed by atoms with E-state index in [1.54, 1.807) is 0 Å². The molecule has 1 heterocycles. The maximum atomic E-state index is 11.2. The van der Waals surface area contributed by atoms with Crippen molar-refractivity contribution < 1.29 is 19.0 Å². The smallest absolute Gasteiger partial charge is 0.305 e. The topological polar surface area (TPSA) is 56.8 Å². The largest absolute Gasteiger partial charge is 0.490 e. The van der Waals surface area contributed by atoms with Crippen molar-refractivity contribution in [2.75, 3.05) is 26.4 Å². The molecule has 5 nitrogen and oxygen atoms in total. The number of fused-ring (bicyclic) bond motifs is 1. The van der Waals surface area contributed by atoms with Crippen LogP contribution in [0.3, 0.4) is 0 Å². The minimum Gasteiger partial charge on any atom is -0.490 e. The van der Waals surface area contributed by atoms with Gasteiger partial charge >= 0.3 is 5.97 Å². The number of hydrogen-bond donors (Lipinski definition) is 1. The van der Waals surface area contributed by atoms with Gasteiger partial charge in [-0.1, -0.05) is 12.1 Å². The molecule has 0 unspecified atom stereocenters. The fourth-order valence-corrected chi connectivity index (χ4v) is 2.21. The molecule has 0 amide bonds. The maximum absolute atomic E-state index is 11.2. The first-order valence-corrected chi connectivity index (χ1v) is 7.55. The second kappa shape index (κ2) is 8.52. The van der Waals surface area contributed by atoms with Crippen molar-refractivity contribution in [3.8, 4) is 11.5 Å². The molecular formula is C16H23NO4. The van der Waals surface area contributed by atoms with Gasteiger partial charge in [0.1, 0.15) is 0 Å². The van der Waals surface area contributed by atoms with Gasteiger partial charge in [-0.2, -0.15) is 0 Å². The number of carbonyl (C=O) groups is 1. The van der Waals surface area contributed by atoms with Crippen LogP contribution in [0.5, 0.6) is 11.5 Å². The van der Waals surface area contributed by atoms with Crippen LogP contribution in [0.25, 0.3) is 0 Å². The third kappa shape index (κ3) is 4.93. The van der Waals surface area contributed by atoms with Crippen molar-refractivity contribution in [1.82, 2.24) is 5.32 Å². The van der Waals surface area contributed by atoms with E-state index in [4.69, 9.17) is 14.2 Å². The quantitative estimate of drug-likeness (QED) is 0.617. The molecule has 0 aliphatic carbocycles. The second-order valence-electron chi connectivity index (χ2n) is 4.88. The molecule has 1 N–H and O–H groups in total. The summed E-state index contributed by atoms with van der Waals surface area (Å²) in [6.07, 6.45) is 2.12. The summed E-state index contributed by atoms with van der Waals surface area (Å²) in [7, 11) is 0. The van der Waals surface area contributed by atoms with Gasteiger partial charge in [0.25, 0.3) is 0 Å². The Bertz CT molecular complexity index is 462. The highest BCUT2D eigenvalue weighted by Gasteiger charge is 2.13. The molecule has 2 rings (SSSR count). The van der Waals surface area contributed by atoms with Crippen LogP contribution in [-0.2, 0) is 16.1 Å². The minimum absolute atomic E-state index is 0.135. The van der Waals surface area contributed by atoms with E-state index in [-0.39, 0.29) is 5.97 Å². The molecule has 1 aromatic carbocycles. The van der Waals surface area contributed by atoms with Crippen LogP contribution < -0.4 is 14.8 Å². The average Bonchev–Trinajstić information content (AvgIpc) is 2.73. The Morgan fingerprint density at radius 3 is 3.05 bits per heavy atom. The summed E-state index contributed by atoms with van der Waals surface area (Å²) >= 11 is 0. The normalized spacial score (nSPS) is 13.6. The van der Waals surface area contributed by atoms with Crippen molar-refractivity contribution >= 4 is 5.97 Å². The molecule has 0 spiro atoms. The monoisotopic (exact) mass is 293 g/mol. The Hall–Kier alpha value is -1.75. The fourth-order valence-electron chi connectivity index (χ4n) is 2.21. The van der Waals surface area contributed by atoms with Gasteiger partial charge in [-0.25, -0.2) is 0 Å². The van der Waals surface area contributed by atoms with Gasteiger partial charge in [0.05, 0.1) is 19.8 Å². The third-order valence-electron chi connectivity index (χ3n) is 3.21. The molecule has 1 aliphatic heterocycles. The predicted octanol–water partition coefficient (Wildman–Crippen LogP) is 2.28. The van der Waals surface area contributed by atoms with Crippen LogP contribution in [0.4, 0.5) is 0 Å². The molecule has 0 aromatic heterocycles. The Labute approximate surface area is 125 Å². The lowest BCUT2D eigenvalue weighted by atomic mass is 10.2. The van der Waals surface area contributed by atoms with Crippen LogP contribution in [0.1, 0.15) is 31.7 Å². The molecule has 5 heteroatoms. The average molecular weight is 293 g/mol. The van der Waals surface area contributed by atoms with Crippen molar-refractivity contribution in [2.24, 2.45) is 0 Å². The van der Waals surface area contributed by atoms with Gasteiger partial charge < -0.3 is 19.5 Å². The molecule has 116 valence electrons. The lowest BCUT2D eigenvalue weighted by Gasteiger charge is -2.13. The van der Waals surface area contributed by atoms with E-state index in [1.807, 2.05) is 25.1 Å². The van der Waals surface area contributed by atoms with Gasteiger partial charge in [0, 0.05) is 24.9 Å². The summed E-state index contributed by atoms with van der Waals surface area (Å²) in [6, 6.07) is 5.94. The first kappa shape index (κ1) is 15.6. The lowest BCUT2D eigenvalue weighted by molar-refractivity contribution is -0.143. The summed E-state index contributed by atoms with van der Waals surface area (Å²) in [5.74, 6) is 1.52. The summed E-state index contributed by atoms with van der Waals surface area (Å²) in [6.45, 7) is 5.12. The van der Waals surface area contributed by atoms with Crippen LogP contribution in [-0.4, -0.2) is 32.3 Å². The number of nitrogens with one attached hydrogen (secondary N) is 1. The zero-order valence-electron chi connectivity index (χ0n) is 12.5. The molecule has 0 atom stereocenters. The lowest BCUT2D eigenvalue weighted by Crippen LogP contribution is -2.17.